The van der Waals surface area contributed by atoms with Gasteiger partial charge in [0.25, 0.3) is 5.91 Å². The molecule has 0 aliphatic rings. The highest BCUT2D eigenvalue weighted by Crippen LogP contribution is 2.08. The Labute approximate surface area is 116 Å². The van der Waals surface area contributed by atoms with Crippen LogP contribution in [0.15, 0.2) is 54.6 Å². The third-order valence-corrected chi connectivity index (χ3v) is 2.91. The molecule has 0 heterocycles. The molecule has 1 amide bonds. The van der Waals surface area contributed by atoms with Gasteiger partial charge in [0.15, 0.2) is 0 Å². The van der Waals surface area contributed by atoms with Crippen molar-refractivity contribution in [1.82, 2.24) is 4.90 Å². The van der Waals surface area contributed by atoms with Gasteiger partial charge < -0.3 is 4.90 Å². The summed E-state index contributed by atoms with van der Waals surface area (Å²) in [6.07, 6.45) is 0. The fourth-order valence-corrected chi connectivity index (χ4v) is 1.83. The number of likely N-dealkylation sites (N-methyl/N-ethyl adjacent to an activating group) is 1. The number of hydrogen-bond donors (Lipinski definition) is 0. The second kappa shape index (κ2) is 6.10. The monoisotopic (exact) mass is 271 g/mol. The van der Waals surface area contributed by atoms with Crippen LogP contribution in [-0.4, -0.2) is 23.6 Å². The summed E-state index contributed by atoms with van der Waals surface area (Å²) in [5.41, 5.74) is 1.13. The lowest BCUT2D eigenvalue weighted by Gasteiger charge is -2.16. The second-order valence-electron chi connectivity index (χ2n) is 4.48. The minimum absolute atomic E-state index is 0.191. The van der Waals surface area contributed by atoms with E-state index in [9.17, 15) is 14.0 Å². The standard InChI is InChI=1S/C16H14FNO2/c1-18(11-12-5-3-2-4-6-12)16(20)15(19)13-7-9-14(17)10-8-13/h2-10H,11H2,1H3. The largest absolute Gasteiger partial charge is 0.335 e. The molecule has 0 N–H and O–H groups in total. The average molecular weight is 271 g/mol. The number of carbonyl (C=O) groups is 2. The van der Waals surface area contributed by atoms with Crippen LogP contribution in [0.25, 0.3) is 0 Å². The van der Waals surface area contributed by atoms with Gasteiger partial charge in [0.1, 0.15) is 5.82 Å². The van der Waals surface area contributed by atoms with Crippen molar-refractivity contribution in [3.05, 3.63) is 71.5 Å². The lowest BCUT2D eigenvalue weighted by atomic mass is 10.1. The molecule has 0 aromatic heterocycles. The van der Waals surface area contributed by atoms with Crippen LogP contribution in [-0.2, 0) is 11.3 Å². The van der Waals surface area contributed by atoms with Gasteiger partial charge in [-0.15, -0.1) is 0 Å². The Kier molecular flexibility index (Phi) is 4.25. The van der Waals surface area contributed by atoms with Crippen molar-refractivity contribution < 1.29 is 14.0 Å². The summed E-state index contributed by atoms with van der Waals surface area (Å²) in [6.45, 7) is 0.354. The van der Waals surface area contributed by atoms with Gasteiger partial charge in [-0.1, -0.05) is 30.3 Å². The molecule has 3 nitrogen and oxygen atoms in total. The summed E-state index contributed by atoms with van der Waals surface area (Å²) in [5, 5.41) is 0. The van der Waals surface area contributed by atoms with Crippen LogP contribution in [0.1, 0.15) is 15.9 Å². The fourth-order valence-electron chi connectivity index (χ4n) is 1.83. The Balaban J connectivity index is 2.06. The van der Waals surface area contributed by atoms with Crippen molar-refractivity contribution in [2.45, 2.75) is 6.54 Å². The van der Waals surface area contributed by atoms with E-state index >= 15 is 0 Å². The Hall–Kier alpha value is -2.49. The van der Waals surface area contributed by atoms with Crippen LogP contribution >= 0.6 is 0 Å². The normalized spacial score (nSPS) is 10.1. The van der Waals surface area contributed by atoms with Gasteiger partial charge in [0.2, 0.25) is 5.78 Å². The van der Waals surface area contributed by atoms with E-state index in [1.165, 1.54) is 17.0 Å². The van der Waals surface area contributed by atoms with Crippen molar-refractivity contribution in [2.24, 2.45) is 0 Å². The van der Waals surface area contributed by atoms with Crippen LogP contribution in [0.2, 0.25) is 0 Å². The van der Waals surface area contributed by atoms with E-state index in [0.717, 1.165) is 17.7 Å². The number of amides is 1. The molecule has 2 aromatic carbocycles. The lowest BCUT2D eigenvalue weighted by molar-refractivity contribution is -0.125. The summed E-state index contributed by atoms with van der Waals surface area (Å²) >= 11 is 0. The number of carbonyl (C=O) groups excluding carboxylic acids is 2. The SMILES string of the molecule is CN(Cc1ccccc1)C(=O)C(=O)c1ccc(F)cc1. The molecule has 0 saturated heterocycles. The quantitative estimate of drug-likeness (QED) is 0.633. The van der Waals surface area contributed by atoms with Gasteiger partial charge >= 0.3 is 0 Å². The minimum Gasteiger partial charge on any atom is -0.335 e. The first-order chi connectivity index (χ1) is 9.58. The zero-order valence-electron chi connectivity index (χ0n) is 11.0. The van der Waals surface area contributed by atoms with Gasteiger partial charge in [0, 0.05) is 19.2 Å². The lowest BCUT2D eigenvalue weighted by Crippen LogP contribution is -2.32. The number of halogens is 1. The number of hydrogen-bond acceptors (Lipinski definition) is 2. The molecule has 0 atom stereocenters. The molecule has 0 radical (unpaired) electrons. The number of Topliss-reactive ketones (excluding diaryl/α,β-unsaturated/α-hetero) is 1. The molecule has 20 heavy (non-hydrogen) atoms. The van der Waals surface area contributed by atoms with Crippen molar-refractivity contribution in [1.29, 1.82) is 0 Å². The minimum atomic E-state index is -0.636. The summed E-state index contributed by atoms with van der Waals surface area (Å²) in [7, 11) is 1.57. The highest BCUT2D eigenvalue weighted by molar-refractivity contribution is 6.42. The molecule has 0 aliphatic carbocycles. The number of nitrogens with zero attached hydrogens (tertiary/aromatic N) is 1. The number of rotatable bonds is 4. The van der Waals surface area contributed by atoms with E-state index in [-0.39, 0.29) is 5.56 Å². The molecule has 0 bridgehead atoms. The molecule has 0 spiro atoms. The molecule has 102 valence electrons. The molecule has 0 aliphatic heterocycles. The predicted molar refractivity (Wildman–Crippen MR) is 73.6 cm³/mol. The highest BCUT2D eigenvalue weighted by Gasteiger charge is 2.20. The van der Waals surface area contributed by atoms with E-state index in [4.69, 9.17) is 0 Å². The molecular weight excluding hydrogens is 257 g/mol. The Bertz CT molecular complexity index is 608. The van der Waals surface area contributed by atoms with Crippen LogP contribution in [0.5, 0.6) is 0 Å². The molecule has 4 heteroatoms. The third-order valence-electron chi connectivity index (χ3n) is 2.91. The van der Waals surface area contributed by atoms with Gasteiger partial charge in [-0.3, -0.25) is 9.59 Å². The Morgan fingerprint density at radius 3 is 2.20 bits per heavy atom. The Morgan fingerprint density at radius 2 is 1.60 bits per heavy atom. The first-order valence-corrected chi connectivity index (χ1v) is 6.17. The van der Waals surface area contributed by atoms with E-state index in [1.807, 2.05) is 30.3 Å². The fraction of sp³-hybridized carbons (Fsp3) is 0.125. The first-order valence-electron chi connectivity index (χ1n) is 6.17. The van der Waals surface area contributed by atoms with Crippen molar-refractivity contribution in [2.75, 3.05) is 7.05 Å². The zero-order valence-corrected chi connectivity index (χ0v) is 11.0. The summed E-state index contributed by atoms with van der Waals surface area (Å²) in [4.78, 5) is 25.3. The van der Waals surface area contributed by atoms with Crippen molar-refractivity contribution in [3.8, 4) is 0 Å². The van der Waals surface area contributed by atoms with Crippen LogP contribution in [0.4, 0.5) is 4.39 Å². The van der Waals surface area contributed by atoms with Gasteiger partial charge in [-0.2, -0.15) is 0 Å². The summed E-state index contributed by atoms with van der Waals surface area (Å²) in [6, 6.07) is 14.3. The zero-order chi connectivity index (χ0) is 14.5. The number of ketones is 1. The third kappa shape index (κ3) is 3.29. The maximum atomic E-state index is 12.8. The highest BCUT2D eigenvalue weighted by atomic mass is 19.1. The predicted octanol–water partition coefficient (Wildman–Crippen LogP) is 2.67. The van der Waals surface area contributed by atoms with Crippen LogP contribution in [0.3, 0.4) is 0 Å². The van der Waals surface area contributed by atoms with Crippen molar-refractivity contribution >= 4 is 11.7 Å². The molecule has 0 unspecified atom stereocenters. The summed E-state index contributed by atoms with van der Waals surface area (Å²) in [5.74, 6) is -1.68. The number of benzene rings is 2. The van der Waals surface area contributed by atoms with E-state index in [1.54, 1.807) is 7.05 Å². The Morgan fingerprint density at radius 1 is 1.00 bits per heavy atom. The maximum absolute atomic E-state index is 12.8. The van der Waals surface area contributed by atoms with Gasteiger partial charge in [-0.05, 0) is 29.8 Å². The van der Waals surface area contributed by atoms with Gasteiger partial charge in [0.05, 0.1) is 0 Å². The molecule has 0 saturated carbocycles. The van der Waals surface area contributed by atoms with E-state index < -0.39 is 17.5 Å². The smallest absolute Gasteiger partial charge is 0.294 e. The second-order valence-corrected chi connectivity index (χ2v) is 4.48. The average Bonchev–Trinajstić information content (AvgIpc) is 2.47. The first kappa shape index (κ1) is 13.9. The molecule has 2 aromatic rings. The molecule has 2 rings (SSSR count). The summed E-state index contributed by atoms with van der Waals surface area (Å²) < 4.78 is 12.8. The maximum Gasteiger partial charge on any atom is 0.294 e. The van der Waals surface area contributed by atoms with Crippen LogP contribution < -0.4 is 0 Å². The molecule has 0 fully saturated rings. The van der Waals surface area contributed by atoms with E-state index in [2.05, 4.69) is 0 Å². The van der Waals surface area contributed by atoms with Gasteiger partial charge in [-0.25, -0.2) is 4.39 Å². The topological polar surface area (TPSA) is 37.4 Å². The van der Waals surface area contributed by atoms with Crippen LogP contribution in [0, 0.1) is 5.82 Å². The molecular formula is C16H14FNO2. The van der Waals surface area contributed by atoms with E-state index in [0.29, 0.717) is 6.54 Å². The van der Waals surface area contributed by atoms with Crippen molar-refractivity contribution in [3.63, 3.8) is 0 Å².